The molecule has 2 N–H and O–H groups in total. The number of hydrogen-bond donors (Lipinski definition) is 2. The Morgan fingerprint density at radius 2 is 2.21 bits per heavy atom. The third-order valence-electron chi connectivity index (χ3n) is 1.95. The molecule has 1 heterocycles. The Balaban J connectivity index is 2.20. The van der Waals surface area contributed by atoms with E-state index in [4.69, 9.17) is 4.74 Å². The van der Waals surface area contributed by atoms with Crippen LogP contribution in [0.15, 0.2) is 29.5 Å². The van der Waals surface area contributed by atoms with Crippen LogP contribution in [0.25, 0.3) is 0 Å². The number of rotatable bonds is 6. The minimum absolute atomic E-state index is 0.111. The summed E-state index contributed by atoms with van der Waals surface area (Å²) in [6.07, 6.45) is 1.59. The molecule has 1 aromatic rings. The Morgan fingerprint density at radius 1 is 1.42 bits per heavy atom. The maximum absolute atomic E-state index is 11.4. The first-order valence-electron chi connectivity index (χ1n) is 5.47. The average molecular weight is 282 g/mol. The number of carbonyl (C=O) groups excluding carboxylic acids is 3. The van der Waals surface area contributed by atoms with Crippen molar-refractivity contribution < 1.29 is 19.1 Å². The highest BCUT2D eigenvalue weighted by atomic mass is 32.1. The number of hydrogen-bond acceptors (Lipinski definition) is 5. The van der Waals surface area contributed by atoms with Gasteiger partial charge in [-0.25, -0.2) is 4.79 Å². The number of urea groups is 1. The summed E-state index contributed by atoms with van der Waals surface area (Å²) in [6, 6.07) is 1.15. The highest BCUT2D eigenvalue weighted by Gasteiger charge is 2.10. The van der Waals surface area contributed by atoms with Gasteiger partial charge in [0.05, 0.1) is 6.42 Å². The summed E-state index contributed by atoms with van der Waals surface area (Å²) in [4.78, 5) is 33.7. The second-order valence-electron chi connectivity index (χ2n) is 3.52. The standard InChI is InChI=1S/C12H14N2O4S/c1-2-4-13-12(17)14-10(15)7-18-11(16)6-9-3-5-19-8-9/h2-3,5,8H,1,4,6-7H2,(H2,13,14,15,17). The van der Waals surface area contributed by atoms with Gasteiger partial charge in [0.15, 0.2) is 6.61 Å². The van der Waals surface area contributed by atoms with Crippen molar-refractivity contribution in [3.63, 3.8) is 0 Å². The van der Waals surface area contributed by atoms with Crippen LogP contribution in [0.1, 0.15) is 5.56 Å². The van der Waals surface area contributed by atoms with E-state index in [1.807, 2.05) is 16.1 Å². The molecule has 1 rings (SSSR count). The second-order valence-corrected chi connectivity index (χ2v) is 4.30. The molecular weight excluding hydrogens is 268 g/mol. The molecule has 7 heteroatoms. The largest absolute Gasteiger partial charge is 0.455 e. The van der Waals surface area contributed by atoms with E-state index in [9.17, 15) is 14.4 Å². The van der Waals surface area contributed by atoms with Gasteiger partial charge >= 0.3 is 12.0 Å². The summed E-state index contributed by atoms with van der Waals surface area (Å²) in [6.45, 7) is 3.18. The number of thiophene rings is 1. The normalized spacial score (nSPS) is 9.47. The van der Waals surface area contributed by atoms with Crippen molar-refractivity contribution in [2.45, 2.75) is 6.42 Å². The average Bonchev–Trinajstić information content (AvgIpc) is 2.86. The topological polar surface area (TPSA) is 84.5 Å². The van der Waals surface area contributed by atoms with Crippen LogP contribution < -0.4 is 10.6 Å². The monoisotopic (exact) mass is 282 g/mol. The molecule has 0 aliphatic heterocycles. The number of imide groups is 1. The van der Waals surface area contributed by atoms with Gasteiger partial charge in [0, 0.05) is 6.54 Å². The van der Waals surface area contributed by atoms with Crippen LogP contribution in [0.3, 0.4) is 0 Å². The highest BCUT2D eigenvalue weighted by molar-refractivity contribution is 7.07. The first kappa shape index (κ1) is 14.9. The van der Waals surface area contributed by atoms with Gasteiger partial charge in [-0.1, -0.05) is 6.08 Å². The van der Waals surface area contributed by atoms with Gasteiger partial charge in [0.2, 0.25) is 0 Å². The summed E-state index contributed by atoms with van der Waals surface area (Å²) in [5, 5.41) is 8.05. The third-order valence-corrected chi connectivity index (χ3v) is 2.68. The second kappa shape index (κ2) is 8.04. The Kier molecular flexibility index (Phi) is 6.31. The van der Waals surface area contributed by atoms with Crippen LogP contribution in [0.5, 0.6) is 0 Å². The zero-order chi connectivity index (χ0) is 14.1. The Hall–Kier alpha value is -2.15. The number of carbonyl (C=O) groups is 3. The van der Waals surface area contributed by atoms with Crippen molar-refractivity contribution in [3.05, 3.63) is 35.0 Å². The Morgan fingerprint density at radius 3 is 2.84 bits per heavy atom. The summed E-state index contributed by atoms with van der Waals surface area (Å²) in [5.41, 5.74) is 0.833. The molecule has 0 aliphatic rings. The molecule has 1 aromatic heterocycles. The molecule has 19 heavy (non-hydrogen) atoms. The maximum atomic E-state index is 11.4. The van der Waals surface area contributed by atoms with Gasteiger partial charge < -0.3 is 10.1 Å². The summed E-state index contributed by atoms with van der Waals surface area (Å²) in [7, 11) is 0. The van der Waals surface area contributed by atoms with Crippen LogP contribution in [-0.4, -0.2) is 31.1 Å². The molecule has 3 amide bonds. The molecule has 0 bridgehead atoms. The lowest BCUT2D eigenvalue weighted by Crippen LogP contribution is -2.41. The predicted molar refractivity (Wildman–Crippen MR) is 70.7 cm³/mol. The van der Waals surface area contributed by atoms with Crippen molar-refractivity contribution in [2.75, 3.05) is 13.2 Å². The first-order chi connectivity index (χ1) is 9.11. The van der Waals surface area contributed by atoms with Crippen LogP contribution in [0.4, 0.5) is 4.79 Å². The highest BCUT2D eigenvalue weighted by Crippen LogP contribution is 2.06. The van der Waals surface area contributed by atoms with E-state index in [-0.39, 0.29) is 13.0 Å². The lowest BCUT2D eigenvalue weighted by atomic mass is 10.2. The fraction of sp³-hybridized carbons (Fsp3) is 0.250. The molecule has 6 nitrogen and oxygen atoms in total. The molecular formula is C12H14N2O4S. The molecule has 0 unspecified atom stereocenters. The SMILES string of the molecule is C=CCNC(=O)NC(=O)COC(=O)Cc1ccsc1. The molecule has 0 aromatic carbocycles. The van der Waals surface area contributed by atoms with Gasteiger partial charge in [-0.15, -0.1) is 6.58 Å². The molecule has 102 valence electrons. The lowest BCUT2D eigenvalue weighted by Gasteiger charge is -2.05. The van der Waals surface area contributed by atoms with E-state index < -0.39 is 24.5 Å². The van der Waals surface area contributed by atoms with Crippen molar-refractivity contribution in [1.29, 1.82) is 0 Å². The van der Waals surface area contributed by atoms with Crippen molar-refractivity contribution >= 4 is 29.2 Å². The third kappa shape index (κ3) is 6.37. The Bertz CT molecular complexity index is 456. The lowest BCUT2D eigenvalue weighted by molar-refractivity contribution is -0.147. The van der Waals surface area contributed by atoms with Gasteiger partial charge in [0.1, 0.15) is 0 Å². The molecule has 0 aliphatic carbocycles. The number of esters is 1. The zero-order valence-electron chi connectivity index (χ0n) is 10.2. The molecule has 0 saturated heterocycles. The quantitative estimate of drug-likeness (QED) is 0.598. The van der Waals surface area contributed by atoms with Crippen LogP contribution in [0, 0.1) is 0 Å². The van der Waals surface area contributed by atoms with Crippen molar-refractivity contribution in [2.24, 2.45) is 0 Å². The van der Waals surface area contributed by atoms with Gasteiger partial charge in [0.25, 0.3) is 5.91 Å². The van der Waals surface area contributed by atoms with Gasteiger partial charge in [-0.2, -0.15) is 11.3 Å². The molecule has 0 spiro atoms. The van der Waals surface area contributed by atoms with E-state index in [0.29, 0.717) is 0 Å². The summed E-state index contributed by atoms with van der Waals surface area (Å²) in [5.74, 6) is -1.19. The fourth-order valence-electron chi connectivity index (χ4n) is 1.13. The number of ether oxygens (including phenoxy) is 1. The van der Waals surface area contributed by atoms with Crippen LogP contribution >= 0.6 is 11.3 Å². The molecule has 0 fully saturated rings. The van der Waals surface area contributed by atoms with Gasteiger partial charge in [-0.05, 0) is 22.4 Å². The number of amides is 3. The predicted octanol–water partition coefficient (Wildman–Crippen LogP) is 0.846. The molecule has 0 atom stereocenters. The van der Waals surface area contributed by atoms with E-state index >= 15 is 0 Å². The minimum Gasteiger partial charge on any atom is -0.455 e. The Labute approximate surface area is 114 Å². The zero-order valence-corrected chi connectivity index (χ0v) is 11.0. The summed E-state index contributed by atoms with van der Waals surface area (Å²) >= 11 is 1.47. The van der Waals surface area contributed by atoms with Gasteiger partial charge in [-0.3, -0.25) is 14.9 Å². The minimum atomic E-state index is -0.680. The molecule has 0 saturated carbocycles. The molecule has 0 radical (unpaired) electrons. The van der Waals surface area contributed by atoms with E-state index in [2.05, 4.69) is 11.9 Å². The van der Waals surface area contributed by atoms with Crippen LogP contribution in [-0.2, 0) is 20.7 Å². The van der Waals surface area contributed by atoms with Crippen molar-refractivity contribution in [1.82, 2.24) is 10.6 Å². The fourth-order valence-corrected chi connectivity index (χ4v) is 1.80. The first-order valence-corrected chi connectivity index (χ1v) is 6.41. The summed E-state index contributed by atoms with van der Waals surface area (Å²) < 4.78 is 4.74. The van der Waals surface area contributed by atoms with E-state index in [1.54, 1.807) is 6.07 Å². The van der Waals surface area contributed by atoms with E-state index in [1.165, 1.54) is 17.4 Å². The van der Waals surface area contributed by atoms with E-state index in [0.717, 1.165) is 5.56 Å². The smallest absolute Gasteiger partial charge is 0.321 e. The maximum Gasteiger partial charge on any atom is 0.321 e. The number of nitrogens with one attached hydrogen (secondary N) is 2. The van der Waals surface area contributed by atoms with Crippen LogP contribution in [0.2, 0.25) is 0 Å². The van der Waals surface area contributed by atoms with Crippen molar-refractivity contribution in [3.8, 4) is 0 Å².